The van der Waals surface area contributed by atoms with Crippen LogP contribution in [0, 0.1) is 0 Å². The number of nitrogens with one attached hydrogen (secondary N) is 1. The van der Waals surface area contributed by atoms with Crippen molar-refractivity contribution in [3.63, 3.8) is 0 Å². The molecule has 0 aliphatic carbocycles. The highest BCUT2D eigenvalue weighted by Gasteiger charge is 2.06. The SMILES string of the molecule is Cn1c(=O)oc2ccc(NCc3ccc(N)cc3)cc21. The summed E-state index contributed by atoms with van der Waals surface area (Å²) in [5.74, 6) is -0.351. The number of nitrogens with two attached hydrogens (primary N) is 1. The zero-order valence-electron chi connectivity index (χ0n) is 11.1. The first-order chi connectivity index (χ1) is 9.63. The van der Waals surface area contributed by atoms with Gasteiger partial charge in [0.15, 0.2) is 5.58 Å². The number of oxazole rings is 1. The Balaban J connectivity index is 1.82. The van der Waals surface area contributed by atoms with Gasteiger partial charge in [0.05, 0.1) is 5.52 Å². The average molecular weight is 269 g/mol. The minimum Gasteiger partial charge on any atom is -0.408 e. The topological polar surface area (TPSA) is 73.2 Å². The van der Waals surface area contributed by atoms with Crippen molar-refractivity contribution in [3.8, 4) is 0 Å². The number of hydrogen-bond acceptors (Lipinski definition) is 4. The van der Waals surface area contributed by atoms with Gasteiger partial charge in [0.2, 0.25) is 0 Å². The van der Waals surface area contributed by atoms with E-state index in [9.17, 15) is 4.79 Å². The molecule has 3 N–H and O–H groups in total. The van der Waals surface area contributed by atoms with Gasteiger partial charge in [0, 0.05) is 25.0 Å². The van der Waals surface area contributed by atoms with Gasteiger partial charge >= 0.3 is 5.76 Å². The van der Waals surface area contributed by atoms with Crippen LogP contribution in [0.3, 0.4) is 0 Å². The summed E-state index contributed by atoms with van der Waals surface area (Å²) in [6.07, 6.45) is 0. The molecule has 3 aromatic rings. The number of benzene rings is 2. The molecule has 0 atom stereocenters. The van der Waals surface area contributed by atoms with Crippen LogP contribution in [-0.2, 0) is 13.6 Å². The molecule has 0 amide bonds. The predicted octanol–water partition coefficient (Wildman–Crippen LogP) is 2.33. The van der Waals surface area contributed by atoms with Crippen LogP contribution in [0.15, 0.2) is 51.7 Å². The molecule has 0 aliphatic heterocycles. The van der Waals surface area contributed by atoms with E-state index in [0.29, 0.717) is 12.1 Å². The van der Waals surface area contributed by atoms with Crippen LogP contribution in [-0.4, -0.2) is 4.57 Å². The summed E-state index contributed by atoms with van der Waals surface area (Å²) < 4.78 is 6.59. The van der Waals surface area contributed by atoms with E-state index in [2.05, 4.69) is 5.32 Å². The molecule has 0 radical (unpaired) electrons. The normalized spacial score (nSPS) is 10.8. The number of nitrogen functional groups attached to an aromatic ring is 1. The van der Waals surface area contributed by atoms with Gasteiger partial charge in [-0.2, -0.15) is 0 Å². The largest absolute Gasteiger partial charge is 0.419 e. The first kappa shape index (κ1) is 12.3. The first-order valence-electron chi connectivity index (χ1n) is 6.31. The van der Waals surface area contributed by atoms with Crippen LogP contribution >= 0.6 is 0 Å². The molecular formula is C15H15N3O2. The molecule has 0 unspecified atom stereocenters. The molecule has 0 spiro atoms. The lowest BCUT2D eigenvalue weighted by Crippen LogP contribution is -2.08. The third-order valence-corrected chi connectivity index (χ3v) is 3.27. The molecule has 2 aromatic carbocycles. The van der Waals surface area contributed by atoms with Crippen molar-refractivity contribution in [3.05, 3.63) is 58.6 Å². The summed E-state index contributed by atoms with van der Waals surface area (Å²) in [5, 5.41) is 3.31. The molecule has 5 nitrogen and oxygen atoms in total. The monoisotopic (exact) mass is 269 g/mol. The van der Waals surface area contributed by atoms with Gasteiger partial charge < -0.3 is 15.5 Å². The van der Waals surface area contributed by atoms with Crippen LogP contribution < -0.4 is 16.8 Å². The first-order valence-corrected chi connectivity index (χ1v) is 6.31. The summed E-state index contributed by atoms with van der Waals surface area (Å²) >= 11 is 0. The van der Waals surface area contributed by atoms with Crippen LogP contribution in [0.5, 0.6) is 0 Å². The zero-order chi connectivity index (χ0) is 14.1. The summed E-state index contributed by atoms with van der Waals surface area (Å²) in [6, 6.07) is 13.3. The standard InChI is InChI=1S/C15H15N3O2/c1-18-13-8-12(6-7-14(13)20-15(18)19)17-9-10-2-4-11(16)5-3-10/h2-8,17H,9,16H2,1H3. The molecule has 102 valence electrons. The van der Waals surface area contributed by atoms with E-state index in [0.717, 1.165) is 22.5 Å². The van der Waals surface area contributed by atoms with Crippen molar-refractivity contribution in [1.29, 1.82) is 0 Å². The van der Waals surface area contributed by atoms with E-state index >= 15 is 0 Å². The maximum Gasteiger partial charge on any atom is 0.419 e. The van der Waals surface area contributed by atoms with Gasteiger partial charge in [-0.1, -0.05) is 12.1 Å². The predicted molar refractivity (Wildman–Crippen MR) is 79.6 cm³/mol. The number of fused-ring (bicyclic) bond motifs is 1. The average Bonchev–Trinajstić information content (AvgIpc) is 2.74. The molecule has 20 heavy (non-hydrogen) atoms. The summed E-state index contributed by atoms with van der Waals surface area (Å²) in [6.45, 7) is 0.692. The highest BCUT2D eigenvalue weighted by Crippen LogP contribution is 2.18. The lowest BCUT2D eigenvalue weighted by Gasteiger charge is -2.07. The Morgan fingerprint density at radius 1 is 1.20 bits per heavy atom. The van der Waals surface area contributed by atoms with Gasteiger partial charge in [-0.15, -0.1) is 0 Å². The van der Waals surface area contributed by atoms with Gasteiger partial charge in [-0.25, -0.2) is 4.79 Å². The Labute approximate surface area is 115 Å². The van der Waals surface area contributed by atoms with Gasteiger partial charge in [-0.05, 0) is 35.9 Å². The molecule has 0 saturated carbocycles. The number of aromatic nitrogens is 1. The maximum absolute atomic E-state index is 11.4. The Kier molecular flexibility index (Phi) is 2.95. The Hall–Kier alpha value is -2.69. The number of hydrogen-bond donors (Lipinski definition) is 2. The fraction of sp³-hybridized carbons (Fsp3) is 0.133. The molecular weight excluding hydrogens is 254 g/mol. The lowest BCUT2D eigenvalue weighted by molar-refractivity contribution is 0.528. The van der Waals surface area contributed by atoms with E-state index in [-0.39, 0.29) is 5.76 Å². The van der Waals surface area contributed by atoms with E-state index < -0.39 is 0 Å². The second kappa shape index (κ2) is 4.77. The second-order valence-corrected chi connectivity index (χ2v) is 4.70. The smallest absolute Gasteiger partial charge is 0.408 e. The van der Waals surface area contributed by atoms with E-state index in [4.69, 9.17) is 10.2 Å². The summed E-state index contributed by atoms with van der Waals surface area (Å²) in [5.41, 5.74) is 9.85. The van der Waals surface area contributed by atoms with Crippen LogP contribution in [0.4, 0.5) is 11.4 Å². The number of nitrogens with zero attached hydrogens (tertiary/aromatic N) is 1. The molecule has 5 heteroatoms. The van der Waals surface area contributed by atoms with E-state index in [1.807, 2.05) is 36.4 Å². The van der Waals surface area contributed by atoms with Crippen molar-refractivity contribution in [2.24, 2.45) is 7.05 Å². The zero-order valence-corrected chi connectivity index (χ0v) is 11.1. The van der Waals surface area contributed by atoms with Crippen molar-refractivity contribution < 1.29 is 4.42 Å². The summed E-state index contributed by atoms with van der Waals surface area (Å²) in [7, 11) is 1.69. The molecule has 0 fully saturated rings. The maximum atomic E-state index is 11.4. The van der Waals surface area contributed by atoms with Crippen molar-refractivity contribution in [2.75, 3.05) is 11.1 Å². The van der Waals surface area contributed by atoms with Crippen LogP contribution in [0.25, 0.3) is 11.1 Å². The highest BCUT2D eigenvalue weighted by molar-refractivity contribution is 5.77. The fourth-order valence-electron chi connectivity index (χ4n) is 2.08. The van der Waals surface area contributed by atoms with Gasteiger partial charge in [-0.3, -0.25) is 4.57 Å². The lowest BCUT2D eigenvalue weighted by atomic mass is 10.2. The second-order valence-electron chi connectivity index (χ2n) is 4.70. The van der Waals surface area contributed by atoms with Crippen LogP contribution in [0.1, 0.15) is 5.56 Å². The molecule has 1 aromatic heterocycles. The highest BCUT2D eigenvalue weighted by atomic mass is 16.4. The number of anilines is 2. The third-order valence-electron chi connectivity index (χ3n) is 3.27. The molecule has 0 aliphatic rings. The van der Waals surface area contributed by atoms with Crippen molar-refractivity contribution >= 4 is 22.5 Å². The van der Waals surface area contributed by atoms with Crippen molar-refractivity contribution in [1.82, 2.24) is 4.57 Å². The van der Waals surface area contributed by atoms with Crippen molar-refractivity contribution in [2.45, 2.75) is 6.54 Å². The summed E-state index contributed by atoms with van der Waals surface area (Å²) in [4.78, 5) is 11.4. The van der Waals surface area contributed by atoms with E-state index in [1.165, 1.54) is 4.57 Å². The van der Waals surface area contributed by atoms with Gasteiger partial charge in [0.1, 0.15) is 0 Å². The Bertz CT molecular complexity index is 800. The minimum absolute atomic E-state index is 0.351. The van der Waals surface area contributed by atoms with E-state index in [1.54, 1.807) is 13.1 Å². The number of rotatable bonds is 3. The number of aryl methyl sites for hydroxylation is 1. The molecule has 0 bridgehead atoms. The molecule has 3 rings (SSSR count). The fourth-order valence-corrected chi connectivity index (χ4v) is 2.08. The Morgan fingerprint density at radius 3 is 2.70 bits per heavy atom. The quantitative estimate of drug-likeness (QED) is 0.716. The molecule has 1 heterocycles. The Morgan fingerprint density at radius 2 is 1.95 bits per heavy atom. The molecule has 0 saturated heterocycles. The van der Waals surface area contributed by atoms with Gasteiger partial charge in [0.25, 0.3) is 0 Å². The van der Waals surface area contributed by atoms with Crippen LogP contribution in [0.2, 0.25) is 0 Å². The minimum atomic E-state index is -0.351. The third kappa shape index (κ3) is 2.25.